The molecule has 0 aliphatic carbocycles. The van der Waals surface area contributed by atoms with Crippen LogP contribution in [0, 0.1) is 12.7 Å². The molecule has 11 heteroatoms. The van der Waals surface area contributed by atoms with Crippen molar-refractivity contribution in [1.82, 2.24) is 25.1 Å². The molecule has 0 unspecified atom stereocenters. The number of anilines is 1. The number of ether oxygens (including phenoxy) is 2. The molecule has 3 atom stereocenters. The van der Waals surface area contributed by atoms with Gasteiger partial charge in [0.15, 0.2) is 5.82 Å². The number of benzene rings is 2. The van der Waals surface area contributed by atoms with Crippen molar-refractivity contribution in [1.29, 1.82) is 0 Å². The Bertz CT molecular complexity index is 1760. The fourth-order valence-electron chi connectivity index (χ4n) is 7.37. The number of aliphatic hydroxyl groups is 1. The minimum Gasteiger partial charge on any atom is -0.461 e. The first-order valence-electron chi connectivity index (χ1n) is 15.3. The van der Waals surface area contributed by atoms with Crippen LogP contribution in [0.1, 0.15) is 44.2 Å². The highest BCUT2D eigenvalue weighted by atomic mass is 19.1. The third kappa shape index (κ3) is 5.00. The maximum atomic E-state index is 17.0. The molecule has 2 aromatic carbocycles. The molecule has 3 aliphatic heterocycles. The van der Waals surface area contributed by atoms with Crippen LogP contribution in [0.25, 0.3) is 39.0 Å². The molecule has 0 saturated carbocycles. The lowest BCUT2D eigenvalue weighted by molar-refractivity contribution is -0.0123. The minimum atomic E-state index is -1.13. The van der Waals surface area contributed by atoms with Crippen LogP contribution < -0.4 is 9.64 Å². The van der Waals surface area contributed by atoms with Gasteiger partial charge in [0.2, 0.25) is 0 Å². The Morgan fingerprint density at radius 2 is 2.11 bits per heavy atom. The lowest BCUT2D eigenvalue weighted by Gasteiger charge is -2.31. The van der Waals surface area contributed by atoms with E-state index in [9.17, 15) is 9.50 Å². The van der Waals surface area contributed by atoms with E-state index < -0.39 is 23.1 Å². The van der Waals surface area contributed by atoms with E-state index in [4.69, 9.17) is 14.5 Å². The highest BCUT2D eigenvalue weighted by Gasteiger charge is 2.49. The first-order valence-corrected chi connectivity index (χ1v) is 15.3. The van der Waals surface area contributed by atoms with E-state index in [0.717, 1.165) is 47.0 Å². The summed E-state index contributed by atoms with van der Waals surface area (Å²) in [5.74, 6) is -0.0406. The first kappa shape index (κ1) is 29.1. The summed E-state index contributed by atoms with van der Waals surface area (Å²) in [4.78, 5) is 13.5. The molecule has 0 amide bonds. The maximum absolute atomic E-state index is 17.0. The zero-order valence-electron chi connectivity index (χ0n) is 25.4. The molecule has 0 bridgehead atoms. The molecule has 0 spiro atoms. The second kappa shape index (κ2) is 11.0. The van der Waals surface area contributed by atoms with Gasteiger partial charge in [0, 0.05) is 41.4 Å². The van der Waals surface area contributed by atoms with Crippen LogP contribution >= 0.6 is 0 Å². The van der Waals surface area contributed by atoms with E-state index in [1.165, 1.54) is 0 Å². The number of hydrogen-bond acceptors (Lipinski definition) is 8. The maximum Gasteiger partial charge on any atom is 0.319 e. The van der Waals surface area contributed by atoms with Crippen LogP contribution in [0.15, 0.2) is 30.5 Å². The van der Waals surface area contributed by atoms with E-state index in [-0.39, 0.29) is 31.3 Å². The molecule has 5 heterocycles. The Morgan fingerprint density at radius 1 is 1.25 bits per heavy atom. The molecule has 0 radical (unpaired) electrons. The van der Waals surface area contributed by atoms with Crippen molar-refractivity contribution >= 4 is 33.7 Å². The summed E-state index contributed by atoms with van der Waals surface area (Å²) < 4.78 is 43.3. The van der Waals surface area contributed by atoms with E-state index in [0.29, 0.717) is 42.9 Å². The molecular formula is C33H38F2N6O3. The van der Waals surface area contributed by atoms with Crippen LogP contribution in [-0.4, -0.2) is 93.5 Å². The number of aryl methyl sites for hydroxylation is 1. The van der Waals surface area contributed by atoms with Crippen molar-refractivity contribution < 1.29 is 23.4 Å². The summed E-state index contributed by atoms with van der Waals surface area (Å²) in [5, 5.41) is 19.5. The van der Waals surface area contributed by atoms with Gasteiger partial charge in [-0.3, -0.25) is 10.00 Å². The summed E-state index contributed by atoms with van der Waals surface area (Å²) in [7, 11) is 0. The molecule has 2 aromatic heterocycles. The highest BCUT2D eigenvalue weighted by molar-refractivity contribution is 6.03. The van der Waals surface area contributed by atoms with Gasteiger partial charge in [-0.1, -0.05) is 18.2 Å². The van der Waals surface area contributed by atoms with Crippen molar-refractivity contribution in [3.63, 3.8) is 0 Å². The molecule has 4 aromatic rings. The summed E-state index contributed by atoms with van der Waals surface area (Å²) in [5.41, 5.74) is 2.38. The third-order valence-corrected chi connectivity index (χ3v) is 9.34. The Morgan fingerprint density at radius 3 is 2.95 bits per heavy atom. The van der Waals surface area contributed by atoms with Crippen LogP contribution in [0.4, 0.5) is 14.6 Å². The first-order chi connectivity index (χ1) is 21.2. The molecule has 3 saturated heterocycles. The van der Waals surface area contributed by atoms with E-state index in [1.54, 1.807) is 19.2 Å². The van der Waals surface area contributed by atoms with Gasteiger partial charge < -0.3 is 19.5 Å². The number of fused-ring (bicyclic) bond motifs is 3. The number of hydrogen-bond donors (Lipinski definition) is 2. The van der Waals surface area contributed by atoms with Crippen molar-refractivity contribution in [2.45, 2.75) is 57.3 Å². The summed E-state index contributed by atoms with van der Waals surface area (Å²) in [6.45, 7) is 8.35. The van der Waals surface area contributed by atoms with Gasteiger partial charge in [0.05, 0.1) is 37.0 Å². The van der Waals surface area contributed by atoms with Gasteiger partial charge in [0.25, 0.3) is 0 Å². The summed E-state index contributed by atoms with van der Waals surface area (Å²) in [6.07, 6.45) is 6.95. The largest absolute Gasteiger partial charge is 0.461 e. The number of nitrogens with zero attached hydrogens (tertiary/aromatic N) is 5. The summed E-state index contributed by atoms with van der Waals surface area (Å²) in [6, 6.07) is 5.64. The molecule has 7 rings (SSSR count). The normalized spacial score (nSPS) is 26.2. The average Bonchev–Trinajstić information content (AvgIpc) is 3.64. The molecule has 3 aliphatic rings. The molecule has 232 valence electrons. The van der Waals surface area contributed by atoms with Crippen LogP contribution in [0.5, 0.6) is 6.01 Å². The third-order valence-electron chi connectivity index (χ3n) is 9.34. The predicted octanol–water partition coefficient (Wildman–Crippen LogP) is 5.20. The zero-order chi connectivity index (χ0) is 30.6. The second-order valence-corrected chi connectivity index (χ2v) is 12.8. The number of nitrogens with one attached hydrogen (secondary N) is 1. The molecular weight excluding hydrogens is 566 g/mol. The van der Waals surface area contributed by atoms with E-state index >= 15 is 4.39 Å². The van der Waals surface area contributed by atoms with Crippen LogP contribution in [0.2, 0.25) is 0 Å². The monoisotopic (exact) mass is 604 g/mol. The number of rotatable bonds is 6. The quantitative estimate of drug-likeness (QED) is 0.310. The lowest BCUT2D eigenvalue weighted by atomic mass is 9.91. The Labute approximate surface area is 254 Å². The number of allylic oxidation sites excluding steroid dienone is 1. The van der Waals surface area contributed by atoms with Crippen molar-refractivity contribution in [2.24, 2.45) is 0 Å². The van der Waals surface area contributed by atoms with Crippen molar-refractivity contribution in [3.05, 3.63) is 47.4 Å². The number of halogens is 2. The van der Waals surface area contributed by atoms with Gasteiger partial charge in [-0.2, -0.15) is 15.1 Å². The zero-order valence-corrected chi connectivity index (χ0v) is 25.4. The fraction of sp³-hybridized carbons (Fsp3) is 0.485. The highest BCUT2D eigenvalue weighted by Crippen LogP contribution is 2.42. The Kier molecular flexibility index (Phi) is 7.30. The second-order valence-electron chi connectivity index (χ2n) is 12.8. The topological polar surface area (TPSA) is 99.6 Å². The molecule has 9 nitrogen and oxygen atoms in total. The van der Waals surface area contributed by atoms with Crippen molar-refractivity contribution in [3.8, 4) is 17.1 Å². The smallest absolute Gasteiger partial charge is 0.319 e. The molecule has 44 heavy (non-hydrogen) atoms. The number of alkyl halides is 1. The van der Waals surface area contributed by atoms with Gasteiger partial charge in [-0.05, 0) is 63.4 Å². The Balaban J connectivity index is 1.39. The predicted molar refractivity (Wildman–Crippen MR) is 166 cm³/mol. The lowest BCUT2D eigenvalue weighted by Crippen LogP contribution is -2.44. The summed E-state index contributed by atoms with van der Waals surface area (Å²) >= 11 is 0. The number of aromatic nitrogens is 4. The molecule has 2 N–H and O–H groups in total. The minimum absolute atomic E-state index is 0.0308. The SMILES string of the molecule is C/C=C\c1c(C)cc2[nH]ncc2c1-c1ccc2c(N3CCOC[C@@](C)(O)C3)nc(OC[C@@]34CCCN3C[C@H](F)C4)nc2c1F. The average molecular weight is 605 g/mol. The van der Waals surface area contributed by atoms with Crippen molar-refractivity contribution in [2.75, 3.05) is 50.9 Å². The van der Waals surface area contributed by atoms with Gasteiger partial charge >= 0.3 is 6.01 Å². The molecule has 3 fully saturated rings. The standard InChI is InChI=1S/C33H38F2N6O3/c1-4-6-22-20(2)13-26-25(15-36-39-26)27(22)23-7-8-24-29(28(23)35)37-31(38-30(24)40-11-12-43-18-32(3,42)17-40)44-19-33-9-5-10-41(33)16-21(34)14-33/h4,6-8,13,15,21,42H,5,9-12,14,16-19H2,1-3H3,(H,36,39)/b6-4-/t21-,32+,33+/m1/s1. The van der Waals surface area contributed by atoms with E-state index in [2.05, 4.69) is 20.1 Å². The van der Waals surface area contributed by atoms with Gasteiger partial charge in [-0.25, -0.2) is 8.78 Å². The van der Waals surface area contributed by atoms with Crippen LogP contribution in [-0.2, 0) is 4.74 Å². The van der Waals surface area contributed by atoms with Gasteiger partial charge in [-0.15, -0.1) is 0 Å². The van der Waals surface area contributed by atoms with E-state index in [1.807, 2.05) is 43.0 Å². The van der Waals surface area contributed by atoms with Crippen LogP contribution in [0.3, 0.4) is 0 Å². The fourth-order valence-corrected chi connectivity index (χ4v) is 7.37. The Hall–Kier alpha value is -3.67. The number of H-pyrrole nitrogens is 1. The number of β-amino-alcohol motifs (C(OH)–C–C–N with tert-alkyl or cyclic N) is 1. The number of aromatic amines is 1. The van der Waals surface area contributed by atoms with Gasteiger partial charge in [0.1, 0.15) is 29.7 Å².